The largest absolute Gasteiger partial charge is 0.465 e. The summed E-state index contributed by atoms with van der Waals surface area (Å²) in [6, 6.07) is 4.15. The predicted molar refractivity (Wildman–Crippen MR) is 82.7 cm³/mol. The second-order valence-electron chi connectivity index (χ2n) is 4.83. The molecule has 126 valence electrons. The molecule has 8 heteroatoms. The van der Waals surface area contributed by atoms with Crippen LogP contribution in [0.25, 0.3) is 0 Å². The molecule has 0 bridgehead atoms. The quantitative estimate of drug-likeness (QED) is 0.831. The Morgan fingerprint density at radius 1 is 1.17 bits per heavy atom. The Morgan fingerprint density at radius 3 is 2.46 bits per heavy atom. The summed E-state index contributed by atoms with van der Waals surface area (Å²) in [7, 11) is 2.46. The van der Waals surface area contributed by atoms with Crippen LogP contribution in [0.3, 0.4) is 0 Å². The number of methoxy groups -OCH3 is 2. The van der Waals surface area contributed by atoms with Crippen molar-refractivity contribution in [2.24, 2.45) is 0 Å². The fourth-order valence-electron chi connectivity index (χ4n) is 2.03. The molecule has 1 N–H and O–H groups in total. The Kier molecular flexibility index (Phi) is 5.31. The first-order chi connectivity index (χ1) is 11.4. The molecule has 0 spiro atoms. The molecule has 8 nitrogen and oxygen atoms in total. The van der Waals surface area contributed by atoms with E-state index in [1.807, 2.05) is 0 Å². The third-order valence-corrected chi connectivity index (χ3v) is 3.13. The van der Waals surface area contributed by atoms with Crippen molar-refractivity contribution in [2.45, 2.75) is 13.3 Å². The average Bonchev–Trinajstić information content (AvgIpc) is 2.97. The Labute approximate surface area is 137 Å². The number of carbonyl (C=O) groups excluding carboxylic acids is 3. The van der Waals surface area contributed by atoms with Crippen LogP contribution >= 0.6 is 0 Å². The number of rotatable bonds is 5. The van der Waals surface area contributed by atoms with E-state index < -0.39 is 17.8 Å². The van der Waals surface area contributed by atoms with Crippen LogP contribution in [-0.2, 0) is 20.7 Å². The van der Waals surface area contributed by atoms with E-state index >= 15 is 0 Å². The third kappa shape index (κ3) is 3.97. The van der Waals surface area contributed by atoms with Crippen molar-refractivity contribution in [3.63, 3.8) is 0 Å². The molecule has 0 fully saturated rings. The highest BCUT2D eigenvalue weighted by Crippen LogP contribution is 2.20. The van der Waals surface area contributed by atoms with Gasteiger partial charge in [-0.3, -0.25) is 4.79 Å². The number of aryl methyl sites for hydroxylation is 1. The van der Waals surface area contributed by atoms with Gasteiger partial charge in [-0.25, -0.2) is 14.6 Å². The van der Waals surface area contributed by atoms with Crippen molar-refractivity contribution < 1.29 is 28.3 Å². The van der Waals surface area contributed by atoms with Gasteiger partial charge in [0.1, 0.15) is 6.26 Å². The van der Waals surface area contributed by atoms with Crippen LogP contribution in [-0.4, -0.2) is 37.0 Å². The average molecular weight is 332 g/mol. The van der Waals surface area contributed by atoms with Crippen LogP contribution in [0.5, 0.6) is 0 Å². The summed E-state index contributed by atoms with van der Waals surface area (Å²) in [4.78, 5) is 39.6. The van der Waals surface area contributed by atoms with E-state index in [1.165, 1.54) is 38.7 Å². The minimum Gasteiger partial charge on any atom is -0.465 e. The van der Waals surface area contributed by atoms with E-state index in [9.17, 15) is 14.4 Å². The maximum Gasteiger partial charge on any atom is 0.339 e. The molecule has 2 rings (SSSR count). The monoisotopic (exact) mass is 332 g/mol. The normalized spacial score (nSPS) is 10.1. The third-order valence-electron chi connectivity index (χ3n) is 3.13. The summed E-state index contributed by atoms with van der Waals surface area (Å²) in [5, 5.41) is 2.57. The Morgan fingerprint density at radius 2 is 1.88 bits per heavy atom. The summed E-state index contributed by atoms with van der Waals surface area (Å²) >= 11 is 0. The molecule has 0 saturated heterocycles. The van der Waals surface area contributed by atoms with E-state index in [-0.39, 0.29) is 23.2 Å². The van der Waals surface area contributed by atoms with E-state index in [2.05, 4.69) is 19.8 Å². The van der Waals surface area contributed by atoms with E-state index in [0.717, 1.165) is 0 Å². The zero-order valence-corrected chi connectivity index (χ0v) is 13.4. The van der Waals surface area contributed by atoms with Crippen molar-refractivity contribution in [2.75, 3.05) is 19.5 Å². The van der Waals surface area contributed by atoms with Crippen LogP contribution in [0.15, 0.2) is 28.9 Å². The predicted octanol–water partition coefficient (Wildman–Crippen LogP) is 1.74. The number of nitrogens with one attached hydrogen (secondary N) is 1. The molecule has 0 aliphatic rings. The first-order valence-electron chi connectivity index (χ1n) is 6.96. The Hall–Kier alpha value is -3.16. The van der Waals surface area contributed by atoms with Crippen LogP contribution < -0.4 is 5.32 Å². The number of ether oxygens (including phenoxy) is 2. The van der Waals surface area contributed by atoms with E-state index in [1.54, 1.807) is 6.92 Å². The van der Waals surface area contributed by atoms with Gasteiger partial charge < -0.3 is 19.2 Å². The van der Waals surface area contributed by atoms with Gasteiger partial charge in [0, 0.05) is 6.92 Å². The van der Waals surface area contributed by atoms with Gasteiger partial charge in [-0.05, 0) is 18.2 Å². The lowest BCUT2D eigenvalue weighted by Crippen LogP contribution is -2.18. The van der Waals surface area contributed by atoms with Gasteiger partial charge in [-0.1, -0.05) is 0 Å². The molecule has 0 unspecified atom stereocenters. The van der Waals surface area contributed by atoms with Gasteiger partial charge in [0.05, 0.1) is 43.1 Å². The fourth-order valence-corrected chi connectivity index (χ4v) is 2.03. The number of esters is 2. The summed E-state index contributed by atoms with van der Waals surface area (Å²) in [6.07, 6.45) is 1.33. The SMILES string of the molecule is COC(=O)c1ccc(C(=O)OC)c(NC(=O)Cc2coc(C)n2)c1. The maximum atomic E-state index is 12.1. The number of benzene rings is 1. The number of anilines is 1. The van der Waals surface area contributed by atoms with Crippen molar-refractivity contribution in [1.29, 1.82) is 0 Å². The zero-order chi connectivity index (χ0) is 17.7. The van der Waals surface area contributed by atoms with Gasteiger partial charge >= 0.3 is 11.9 Å². The number of aromatic nitrogens is 1. The topological polar surface area (TPSA) is 108 Å². The number of hydrogen-bond acceptors (Lipinski definition) is 7. The molecule has 2 aromatic rings. The van der Waals surface area contributed by atoms with Gasteiger partial charge in [-0.2, -0.15) is 0 Å². The second kappa shape index (κ2) is 7.40. The first-order valence-corrected chi connectivity index (χ1v) is 6.96. The van der Waals surface area contributed by atoms with E-state index in [0.29, 0.717) is 11.6 Å². The first kappa shape index (κ1) is 17.2. The van der Waals surface area contributed by atoms with Crippen LogP contribution in [0.1, 0.15) is 32.3 Å². The molecule has 0 atom stereocenters. The number of hydrogen-bond donors (Lipinski definition) is 1. The lowest BCUT2D eigenvalue weighted by Gasteiger charge is -2.11. The lowest BCUT2D eigenvalue weighted by atomic mass is 10.1. The van der Waals surface area contributed by atoms with Gasteiger partial charge in [0.15, 0.2) is 5.89 Å². The molecular formula is C16H16N2O6. The van der Waals surface area contributed by atoms with Crippen LogP contribution in [0, 0.1) is 6.92 Å². The second-order valence-corrected chi connectivity index (χ2v) is 4.83. The Balaban J connectivity index is 2.26. The van der Waals surface area contributed by atoms with Crippen LogP contribution in [0.4, 0.5) is 5.69 Å². The molecule has 1 heterocycles. The zero-order valence-electron chi connectivity index (χ0n) is 13.4. The van der Waals surface area contributed by atoms with Crippen molar-refractivity contribution >= 4 is 23.5 Å². The summed E-state index contributed by atoms with van der Waals surface area (Å²) < 4.78 is 14.3. The van der Waals surface area contributed by atoms with Crippen molar-refractivity contribution in [1.82, 2.24) is 4.98 Å². The molecule has 24 heavy (non-hydrogen) atoms. The minimum absolute atomic E-state index is 0.0413. The molecule has 0 saturated carbocycles. The van der Waals surface area contributed by atoms with Gasteiger partial charge in [0.25, 0.3) is 0 Å². The number of nitrogens with zero attached hydrogens (tertiary/aromatic N) is 1. The van der Waals surface area contributed by atoms with Crippen molar-refractivity contribution in [3.8, 4) is 0 Å². The minimum atomic E-state index is -0.640. The maximum absolute atomic E-state index is 12.1. The van der Waals surface area contributed by atoms with E-state index in [4.69, 9.17) is 4.42 Å². The molecule has 0 aliphatic carbocycles. The molecule has 1 aromatic heterocycles. The fraction of sp³-hybridized carbons (Fsp3) is 0.250. The number of carbonyl (C=O) groups is 3. The lowest BCUT2D eigenvalue weighted by molar-refractivity contribution is -0.115. The highest BCUT2D eigenvalue weighted by molar-refractivity contribution is 6.03. The highest BCUT2D eigenvalue weighted by Gasteiger charge is 2.18. The molecule has 0 aliphatic heterocycles. The number of amides is 1. The highest BCUT2D eigenvalue weighted by atomic mass is 16.5. The molecular weight excluding hydrogens is 316 g/mol. The molecule has 1 amide bonds. The summed E-state index contributed by atoms with van der Waals surface area (Å²) in [6.45, 7) is 1.66. The van der Waals surface area contributed by atoms with Crippen molar-refractivity contribution in [3.05, 3.63) is 47.2 Å². The van der Waals surface area contributed by atoms with Gasteiger partial charge in [0.2, 0.25) is 5.91 Å². The smallest absolute Gasteiger partial charge is 0.339 e. The molecule has 0 radical (unpaired) electrons. The van der Waals surface area contributed by atoms with Gasteiger partial charge in [-0.15, -0.1) is 0 Å². The molecule has 1 aromatic carbocycles. The summed E-state index contributed by atoms with van der Waals surface area (Å²) in [5.74, 6) is -1.20. The standard InChI is InChI=1S/C16H16N2O6/c1-9-17-11(8-24-9)7-14(19)18-13-6-10(15(20)22-2)4-5-12(13)16(21)23-3/h4-6,8H,7H2,1-3H3,(H,18,19). The number of oxazole rings is 1. The van der Waals surface area contributed by atoms with Crippen LogP contribution in [0.2, 0.25) is 0 Å². The summed E-state index contributed by atoms with van der Waals surface area (Å²) in [5.41, 5.74) is 0.913. The Bertz CT molecular complexity index is 781.